The minimum atomic E-state index is 0.293. The average molecular weight is 287 g/mol. The van der Waals surface area contributed by atoms with E-state index < -0.39 is 0 Å². The summed E-state index contributed by atoms with van der Waals surface area (Å²) in [5.74, 6) is 1.56. The van der Waals surface area contributed by atoms with Gasteiger partial charge in [0.05, 0.1) is 11.9 Å². The minimum absolute atomic E-state index is 0.293. The Morgan fingerprint density at radius 3 is 2.76 bits per heavy atom. The van der Waals surface area contributed by atoms with Gasteiger partial charge in [0.15, 0.2) is 0 Å². The second kappa shape index (κ2) is 5.33. The van der Waals surface area contributed by atoms with Gasteiger partial charge in [-0.05, 0) is 19.8 Å². The summed E-state index contributed by atoms with van der Waals surface area (Å²) in [5, 5.41) is 6.98. The molecular formula is C14H21N7. The summed E-state index contributed by atoms with van der Waals surface area (Å²) in [7, 11) is 1.99. The first kappa shape index (κ1) is 13.8. The van der Waals surface area contributed by atoms with Crippen LogP contribution in [-0.2, 0) is 6.54 Å². The Hall–Kier alpha value is -2.15. The number of aromatic amines is 1. The molecule has 7 heteroatoms. The van der Waals surface area contributed by atoms with Crippen molar-refractivity contribution in [1.82, 2.24) is 20.2 Å². The number of nitrogen functional groups attached to an aromatic ring is 1. The number of aromatic nitrogens is 4. The normalized spacial score (nSPS) is 21.1. The summed E-state index contributed by atoms with van der Waals surface area (Å²) in [6.45, 7) is 2.73. The van der Waals surface area contributed by atoms with Crippen molar-refractivity contribution in [3.05, 3.63) is 29.2 Å². The van der Waals surface area contributed by atoms with Crippen LogP contribution in [0.3, 0.4) is 0 Å². The predicted molar refractivity (Wildman–Crippen MR) is 81.8 cm³/mol. The first-order valence-corrected chi connectivity index (χ1v) is 7.13. The summed E-state index contributed by atoms with van der Waals surface area (Å²) >= 11 is 0. The van der Waals surface area contributed by atoms with Crippen LogP contribution in [-0.4, -0.2) is 33.3 Å². The van der Waals surface area contributed by atoms with Crippen molar-refractivity contribution >= 4 is 11.8 Å². The lowest BCUT2D eigenvalue weighted by Gasteiger charge is -2.32. The van der Waals surface area contributed by atoms with E-state index in [0.29, 0.717) is 17.9 Å². The third-order valence-corrected chi connectivity index (χ3v) is 4.08. The van der Waals surface area contributed by atoms with Crippen LogP contribution in [0.4, 0.5) is 11.8 Å². The van der Waals surface area contributed by atoms with E-state index in [-0.39, 0.29) is 0 Å². The van der Waals surface area contributed by atoms with E-state index in [2.05, 4.69) is 25.1 Å². The van der Waals surface area contributed by atoms with Crippen LogP contribution in [0.1, 0.15) is 35.7 Å². The number of hydrogen-bond acceptors (Lipinski definition) is 6. The Kier molecular flexibility index (Phi) is 3.50. The van der Waals surface area contributed by atoms with Crippen molar-refractivity contribution in [3.8, 4) is 0 Å². The van der Waals surface area contributed by atoms with Crippen LogP contribution in [0.5, 0.6) is 0 Å². The van der Waals surface area contributed by atoms with E-state index in [4.69, 9.17) is 11.5 Å². The third kappa shape index (κ3) is 2.82. The predicted octanol–water partition coefficient (Wildman–Crippen LogP) is 0.931. The molecule has 1 saturated carbocycles. The summed E-state index contributed by atoms with van der Waals surface area (Å²) < 4.78 is 0. The van der Waals surface area contributed by atoms with E-state index in [1.807, 2.05) is 26.2 Å². The molecule has 2 heterocycles. The summed E-state index contributed by atoms with van der Waals surface area (Å²) in [4.78, 5) is 10.7. The molecule has 0 atom stereocenters. The Labute approximate surface area is 123 Å². The number of rotatable bonds is 4. The minimum Gasteiger partial charge on any atom is -0.368 e. The monoisotopic (exact) mass is 287 g/mol. The fourth-order valence-corrected chi connectivity index (χ4v) is 2.65. The van der Waals surface area contributed by atoms with Crippen LogP contribution in [0, 0.1) is 6.92 Å². The molecule has 0 aromatic carbocycles. The second-order valence-electron chi connectivity index (χ2n) is 5.81. The van der Waals surface area contributed by atoms with Gasteiger partial charge in [0.1, 0.15) is 5.82 Å². The molecule has 112 valence electrons. The molecule has 0 radical (unpaired) electrons. The zero-order chi connectivity index (χ0) is 15.0. The van der Waals surface area contributed by atoms with Gasteiger partial charge in [-0.25, -0.2) is 4.98 Å². The lowest BCUT2D eigenvalue weighted by molar-refractivity contribution is 0.345. The lowest BCUT2D eigenvalue weighted by Crippen LogP contribution is -2.35. The molecular weight excluding hydrogens is 266 g/mol. The molecule has 0 saturated heterocycles. The van der Waals surface area contributed by atoms with Crippen LogP contribution in [0.15, 0.2) is 12.3 Å². The van der Waals surface area contributed by atoms with Crippen molar-refractivity contribution in [3.63, 3.8) is 0 Å². The number of nitrogens with zero attached hydrogens (tertiary/aromatic N) is 4. The van der Waals surface area contributed by atoms with Crippen LogP contribution >= 0.6 is 0 Å². The molecule has 0 unspecified atom stereocenters. The zero-order valence-electron chi connectivity index (χ0n) is 12.4. The SMILES string of the molecule is Cc1[nH]ncc1CN(C)c1cc(C2CC(N)C2)nc(N)n1. The Bertz CT molecular complexity index is 630. The van der Waals surface area contributed by atoms with Gasteiger partial charge >= 0.3 is 0 Å². The maximum Gasteiger partial charge on any atom is 0.222 e. The molecule has 3 rings (SSSR count). The molecule has 21 heavy (non-hydrogen) atoms. The Morgan fingerprint density at radius 2 is 2.14 bits per heavy atom. The Balaban J connectivity index is 1.79. The van der Waals surface area contributed by atoms with Crippen molar-refractivity contribution in [1.29, 1.82) is 0 Å². The largest absolute Gasteiger partial charge is 0.368 e. The molecule has 5 N–H and O–H groups in total. The number of nitrogens with one attached hydrogen (secondary N) is 1. The summed E-state index contributed by atoms with van der Waals surface area (Å²) in [5.41, 5.74) is 14.9. The molecule has 0 bridgehead atoms. The summed E-state index contributed by atoms with van der Waals surface area (Å²) in [6.07, 6.45) is 3.78. The van der Waals surface area contributed by atoms with Crippen molar-refractivity contribution in [2.45, 2.75) is 38.3 Å². The third-order valence-electron chi connectivity index (χ3n) is 4.08. The number of H-pyrrole nitrogens is 1. The van der Waals surface area contributed by atoms with Crippen molar-refractivity contribution in [2.24, 2.45) is 5.73 Å². The van der Waals surface area contributed by atoms with Gasteiger partial charge < -0.3 is 16.4 Å². The fraction of sp³-hybridized carbons (Fsp3) is 0.500. The van der Waals surface area contributed by atoms with E-state index >= 15 is 0 Å². The highest BCUT2D eigenvalue weighted by molar-refractivity contribution is 5.44. The Morgan fingerprint density at radius 1 is 1.38 bits per heavy atom. The molecule has 1 aliphatic rings. The number of hydrogen-bond donors (Lipinski definition) is 3. The van der Waals surface area contributed by atoms with Gasteiger partial charge in [0, 0.05) is 42.9 Å². The van der Waals surface area contributed by atoms with Crippen molar-refractivity contribution in [2.75, 3.05) is 17.7 Å². The zero-order valence-corrected chi connectivity index (χ0v) is 12.4. The van der Waals surface area contributed by atoms with E-state index in [0.717, 1.165) is 42.2 Å². The van der Waals surface area contributed by atoms with Gasteiger partial charge in [-0.3, -0.25) is 5.10 Å². The molecule has 0 spiro atoms. The second-order valence-corrected chi connectivity index (χ2v) is 5.81. The molecule has 2 aromatic heterocycles. The van der Waals surface area contributed by atoms with E-state index in [9.17, 15) is 0 Å². The number of nitrogens with two attached hydrogens (primary N) is 2. The first-order chi connectivity index (χ1) is 10.0. The average Bonchev–Trinajstić information content (AvgIpc) is 2.80. The lowest BCUT2D eigenvalue weighted by atomic mass is 9.78. The maximum atomic E-state index is 5.85. The maximum absolute atomic E-state index is 5.85. The van der Waals surface area contributed by atoms with Gasteiger partial charge in [-0.2, -0.15) is 10.1 Å². The van der Waals surface area contributed by atoms with Gasteiger partial charge in [-0.1, -0.05) is 0 Å². The highest BCUT2D eigenvalue weighted by atomic mass is 15.2. The fourth-order valence-electron chi connectivity index (χ4n) is 2.65. The highest BCUT2D eigenvalue weighted by Gasteiger charge is 2.29. The standard InChI is InChI=1S/C14H21N7/c1-8-10(6-17-20-8)7-21(2)13-5-12(18-14(16)19-13)9-3-11(15)4-9/h5-6,9,11H,3-4,7,15H2,1-2H3,(H,17,20)(H2,16,18,19). The molecule has 2 aromatic rings. The van der Waals surface area contributed by atoms with Crippen molar-refractivity contribution < 1.29 is 0 Å². The quantitative estimate of drug-likeness (QED) is 0.771. The molecule has 0 amide bonds. The summed E-state index contributed by atoms with van der Waals surface area (Å²) in [6, 6.07) is 2.31. The molecule has 7 nitrogen and oxygen atoms in total. The topological polar surface area (TPSA) is 110 Å². The van der Waals surface area contributed by atoms with E-state index in [1.54, 1.807) is 0 Å². The first-order valence-electron chi connectivity index (χ1n) is 7.13. The van der Waals surface area contributed by atoms with Gasteiger partial charge in [0.25, 0.3) is 0 Å². The number of aryl methyl sites for hydroxylation is 1. The van der Waals surface area contributed by atoms with Gasteiger partial charge in [-0.15, -0.1) is 0 Å². The van der Waals surface area contributed by atoms with Crippen LogP contribution in [0.25, 0.3) is 0 Å². The smallest absolute Gasteiger partial charge is 0.222 e. The molecule has 1 fully saturated rings. The highest BCUT2D eigenvalue weighted by Crippen LogP contribution is 2.35. The molecule has 0 aliphatic heterocycles. The molecule has 1 aliphatic carbocycles. The van der Waals surface area contributed by atoms with Gasteiger partial charge in [0.2, 0.25) is 5.95 Å². The van der Waals surface area contributed by atoms with Crippen LogP contribution in [0.2, 0.25) is 0 Å². The van der Waals surface area contributed by atoms with E-state index in [1.165, 1.54) is 0 Å². The number of anilines is 2. The van der Waals surface area contributed by atoms with Crippen LogP contribution < -0.4 is 16.4 Å².